The van der Waals surface area contributed by atoms with Crippen molar-refractivity contribution < 1.29 is 18.3 Å². The molecular weight excluding hydrogens is 290 g/mol. The third kappa shape index (κ3) is 2.59. The van der Waals surface area contributed by atoms with Gasteiger partial charge in [0.1, 0.15) is 5.60 Å². The fourth-order valence-corrected chi connectivity index (χ4v) is 4.87. The number of nitrogens with zero attached hydrogens (tertiary/aromatic N) is 1. The molecule has 0 aromatic heterocycles. The van der Waals surface area contributed by atoms with Crippen molar-refractivity contribution in [1.82, 2.24) is 10.2 Å². The lowest BCUT2D eigenvalue weighted by Gasteiger charge is -2.48. The second-order valence-corrected chi connectivity index (χ2v) is 7.63. The van der Waals surface area contributed by atoms with Crippen LogP contribution in [0.1, 0.15) is 57.8 Å². The van der Waals surface area contributed by atoms with Crippen molar-refractivity contribution in [3.8, 4) is 0 Å². The fraction of sp³-hybridized carbons (Fsp3) is 0.938. The highest BCUT2D eigenvalue weighted by molar-refractivity contribution is 5.69. The molecule has 2 bridgehead atoms. The van der Waals surface area contributed by atoms with Gasteiger partial charge in [-0.2, -0.15) is 0 Å². The van der Waals surface area contributed by atoms with Crippen LogP contribution in [0.4, 0.5) is 13.6 Å². The molecule has 4 aliphatic rings. The van der Waals surface area contributed by atoms with Crippen LogP contribution < -0.4 is 5.32 Å². The molecular formula is C16H24F2N2O2. The van der Waals surface area contributed by atoms with Crippen LogP contribution in [-0.2, 0) is 4.74 Å². The quantitative estimate of drug-likeness (QED) is 0.809. The lowest BCUT2D eigenvalue weighted by molar-refractivity contribution is -0.0966. The monoisotopic (exact) mass is 314 g/mol. The van der Waals surface area contributed by atoms with Crippen LogP contribution >= 0.6 is 0 Å². The number of rotatable bonds is 1. The molecule has 0 aromatic carbocycles. The predicted octanol–water partition coefficient (Wildman–Crippen LogP) is 3.06. The normalized spacial score (nSPS) is 41.7. The third-order valence-electron chi connectivity index (χ3n) is 6.05. The number of ether oxygens (including phenoxy) is 1. The van der Waals surface area contributed by atoms with Gasteiger partial charge in [0.2, 0.25) is 5.92 Å². The van der Waals surface area contributed by atoms with Crippen molar-refractivity contribution >= 4 is 6.09 Å². The number of carbonyl (C=O) groups excluding carboxylic acids is 1. The van der Waals surface area contributed by atoms with Crippen LogP contribution in [-0.4, -0.2) is 47.2 Å². The highest BCUT2D eigenvalue weighted by Crippen LogP contribution is 2.43. The molecule has 1 aliphatic carbocycles. The number of alkyl halides is 2. The number of piperidine rings is 1. The van der Waals surface area contributed by atoms with Gasteiger partial charge in [0.05, 0.1) is 0 Å². The van der Waals surface area contributed by atoms with E-state index in [0.717, 1.165) is 19.3 Å². The summed E-state index contributed by atoms with van der Waals surface area (Å²) in [5, 5.41) is 3.57. The van der Waals surface area contributed by atoms with Gasteiger partial charge < -0.3 is 15.0 Å². The van der Waals surface area contributed by atoms with Gasteiger partial charge in [0, 0.05) is 56.8 Å². The summed E-state index contributed by atoms with van der Waals surface area (Å²) in [5.74, 6) is -2.55. The molecule has 4 fully saturated rings. The Labute approximate surface area is 129 Å². The second-order valence-electron chi connectivity index (χ2n) is 7.63. The summed E-state index contributed by atoms with van der Waals surface area (Å²) in [6.45, 7) is 0.661. The van der Waals surface area contributed by atoms with Crippen molar-refractivity contribution in [3.63, 3.8) is 0 Å². The predicted molar refractivity (Wildman–Crippen MR) is 76.9 cm³/mol. The van der Waals surface area contributed by atoms with Crippen LogP contribution in [0.5, 0.6) is 0 Å². The molecule has 2 unspecified atom stereocenters. The van der Waals surface area contributed by atoms with Crippen molar-refractivity contribution in [1.29, 1.82) is 0 Å². The first kappa shape index (κ1) is 14.7. The highest BCUT2D eigenvalue weighted by atomic mass is 19.3. The maximum absolute atomic E-state index is 13.3. The number of nitrogens with one attached hydrogen (secondary N) is 1. The standard InChI is InChI=1S/C16H24F2N2O2/c17-16(18)5-3-13(4-6-16)20-8-7-15(22-14(20)21)9-11-1-2-12(10-15)19-11/h11-13,19H,1-10H2. The number of fused-ring (bicyclic) bond motifs is 2. The smallest absolute Gasteiger partial charge is 0.410 e. The molecule has 1 N–H and O–H groups in total. The average molecular weight is 314 g/mol. The van der Waals surface area contributed by atoms with Gasteiger partial charge in [-0.1, -0.05) is 0 Å². The highest BCUT2D eigenvalue weighted by Gasteiger charge is 2.50. The summed E-state index contributed by atoms with van der Waals surface area (Å²) in [6.07, 6.45) is 5.29. The van der Waals surface area contributed by atoms with Gasteiger partial charge in [-0.25, -0.2) is 13.6 Å². The lowest BCUT2D eigenvalue weighted by Crippen LogP contribution is -2.58. The van der Waals surface area contributed by atoms with Crippen molar-refractivity contribution in [2.75, 3.05) is 6.54 Å². The molecule has 3 heterocycles. The van der Waals surface area contributed by atoms with E-state index in [2.05, 4.69) is 5.32 Å². The zero-order chi connectivity index (χ0) is 15.4. The van der Waals surface area contributed by atoms with E-state index in [1.54, 1.807) is 4.90 Å². The summed E-state index contributed by atoms with van der Waals surface area (Å²) in [5.41, 5.74) is -0.302. The van der Waals surface area contributed by atoms with Crippen LogP contribution in [0.3, 0.4) is 0 Å². The van der Waals surface area contributed by atoms with Gasteiger partial charge in [0.25, 0.3) is 0 Å². The summed E-state index contributed by atoms with van der Waals surface area (Å²) in [6, 6.07) is 0.890. The Morgan fingerprint density at radius 3 is 2.27 bits per heavy atom. The van der Waals surface area contributed by atoms with E-state index < -0.39 is 5.92 Å². The molecule has 4 rings (SSSR count). The second kappa shape index (κ2) is 5.05. The lowest BCUT2D eigenvalue weighted by atomic mass is 9.83. The first-order valence-electron chi connectivity index (χ1n) is 8.58. The molecule has 22 heavy (non-hydrogen) atoms. The Bertz CT molecular complexity index is 449. The first-order chi connectivity index (χ1) is 10.4. The van der Waals surface area contributed by atoms with E-state index >= 15 is 0 Å². The minimum Gasteiger partial charge on any atom is -0.443 e. The molecule has 0 radical (unpaired) electrons. The van der Waals surface area contributed by atoms with E-state index in [4.69, 9.17) is 4.74 Å². The number of amides is 1. The van der Waals surface area contributed by atoms with E-state index in [1.165, 1.54) is 12.8 Å². The van der Waals surface area contributed by atoms with Crippen LogP contribution in [0, 0.1) is 0 Å². The number of hydrogen-bond acceptors (Lipinski definition) is 3. The third-order valence-corrected chi connectivity index (χ3v) is 6.05. The number of carbonyl (C=O) groups is 1. The average Bonchev–Trinajstić information content (AvgIpc) is 2.80. The molecule has 3 saturated heterocycles. The fourth-order valence-electron chi connectivity index (χ4n) is 4.87. The van der Waals surface area contributed by atoms with Crippen LogP contribution in [0.15, 0.2) is 0 Å². The topological polar surface area (TPSA) is 41.6 Å². The summed E-state index contributed by atoms with van der Waals surface area (Å²) >= 11 is 0. The molecule has 0 aromatic rings. The minimum absolute atomic E-state index is 0.0667. The van der Waals surface area contributed by atoms with Crippen molar-refractivity contribution in [2.45, 2.75) is 87.4 Å². The molecule has 4 nitrogen and oxygen atoms in total. The first-order valence-corrected chi connectivity index (χ1v) is 8.58. The van der Waals surface area contributed by atoms with E-state index in [-0.39, 0.29) is 30.6 Å². The Morgan fingerprint density at radius 1 is 1.05 bits per heavy atom. The SMILES string of the molecule is O=C1OC2(CCN1C1CCC(F)(F)CC1)CC1CCC(C2)N1. The van der Waals surface area contributed by atoms with E-state index in [1.807, 2.05) is 0 Å². The van der Waals surface area contributed by atoms with Crippen LogP contribution in [0.2, 0.25) is 0 Å². The molecule has 1 saturated carbocycles. The van der Waals surface area contributed by atoms with Gasteiger partial charge >= 0.3 is 6.09 Å². The van der Waals surface area contributed by atoms with Gasteiger partial charge in [-0.3, -0.25) is 0 Å². The van der Waals surface area contributed by atoms with Gasteiger partial charge in [-0.05, 0) is 25.7 Å². The van der Waals surface area contributed by atoms with Crippen molar-refractivity contribution in [2.24, 2.45) is 0 Å². The zero-order valence-electron chi connectivity index (χ0n) is 12.8. The Kier molecular flexibility index (Phi) is 3.36. The number of hydrogen-bond donors (Lipinski definition) is 1. The van der Waals surface area contributed by atoms with Gasteiger partial charge in [-0.15, -0.1) is 0 Å². The molecule has 1 amide bonds. The molecule has 3 aliphatic heterocycles. The Hall–Kier alpha value is -0.910. The minimum atomic E-state index is -2.55. The van der Waals surface area contributed by atoms with Gasteiger partial charge in [0.15, 0.2) is 0 Å². The van der Waals surface area contributed by atoms with Crippen molar-refractivity contribution in [3.05, 3.63) is 0 Å². The number of halogens is 2. The molecule has 1 spiro atoms. The maximum Gasteiger partial charge on any atom is 0.410 e. The Morgan fingerprint density at radius 2 is 1.68 bits per heavy atom. The summed E-state index contributed by atoms with van der Waals surface area (Å²) in [7, 11) is 0. The maximum atomic E-state index is 13.3. The summed E-state index contributed by atoms with van der Waals surface area (Å²) in [4.78, 5) is 14.2. The zero-order valence-corrected chi connectivity index (χ0v) is 12.8. The molecule has 124 valence electrons. The largest absolute Gasteiger partial charge is 0.443 e. The molecule has 2 atom stereocenters. The van der Waals surface area contributed by atoms with Crippen LogP contribution in [0.25, 0.3) is 0 Å². The van der Waals surface area contributed by atoms with E-state index in [9.17, 15) is 13.6 Å². The molecule has 6 heteroatoms. The summed E-state index contributed by atoms with van der Waals surface area (Å²) < 4.78 is 32.4. The van der Waals surface area contributed by atoms with E-state index in [0.29, 0.717) is 31.5 Å². The Balaban J connectivity index is 1.40.